The molecule has 1 saturated carbocycles. The van der Waals surface area contributed by atoms with Gasteiger partial charge in [-0.1, -0.05) is 12.8 Å². The van der Waals surface area contributed by atoms with E-state index in [4.69, 9.17) is 5.73 Å². The summed E-state index contributed by atoms with van der Waals surface area (Å²) < 4.78 is 39.6. The Morgan fingerprint density at radius 1 is 1.26 bits per heavy atom. The lowest BCUT2D eigenvalue weighted by Gasteiger charge is -2.25. The zero-order valence-electron chi connectivity index (χ0n) is 10.3. The Kier molecular flexibility index (Phi) is 3.80. The second kappa shape index (κ2) is 5.21. The lowest BCUT2D eigenvalue weighted by molar-refractivity contribution is -0.124. The van der Waals surface area contributed by atoms with Crippen LogP contribution in [0.15, 0.2) is 12.1 Å². The van der Waals surface area contributed by atoms with Gasteiger partial charge in [0.25, 0.3) is 0 Å². The second-order valence-corrected chi connectivity index (χ2v) is 4.89. The smallest absolute Gasteiger partial charge is 0.231 e. The quantitative estimate of drug-likeness (QED) is 0.831. The highest BCUT2D eigenvalue weighted by atomic mass is 19.2. The van der Waals surface area contributed by atoms with Gasteiger partial charge in [-0.25, -0.2) is 13.2 Å². The predicted octanol–water partition coefficient (Wildman–Crippen LogP) is 2.56. The molecule has 19 heavy (non-hydrogen) atoms. The fraction of sp³-hybridized carbons (Fsp3) is 0.462. The first-order valence-corrected chi connectivity index (χ1v) is 6.14. The lowest BCUT2D eigenvalue weighted by atomic mass is 9.85. The molecule has 0 heterocycles. The molecule has 1 aromatic carbocycles. The van der Waals surface area contributed by atoms with Crippen molar-refractivity contribution in [1.29, 1.82) is 0 Å². The summed E-state index contributed by atoms with van der Waals surface area (Å²) in [6, 6.07) is 1.19. The number of anilines is 1. The van der Waals surface area contributed by atoms with E-state index in [9.17, 15) is 18.0 Å². The molecule has 0 aliphatic heterocycles. The Hall–Kier alpha value is -1.56. The van der Waals surface area contributed by atoms with E-state index in [0.29, 0.717) is 18.9 Å². The molecule has 3 N–H and O–H groups in total. The third kappa shape index (κ3) is 2.58. The molecule has 1 aliphatic rings. The molecule has 2 rings (SSSR count). The van der Waals surface area contributed by atoms with Crippen LogP contribution in [0.4, 0.5) is 18.9 Å². The van der Waals surface area contributed by atoms with E-state index in [2.05, 4.69) is 5.32 Å². The van der Waals surface area contributed by atoms with Crippen LogP contribution < -0.4 is 11.1 Å². The molecule has 0 aromatic heterocycles. The van der Waals surface area contributed by atoms with Crippen molar-refractivity contribution in [2.75, 3.05) is 11.9 Å². The summed E-state index contributed by atoms with van der Waals surface area (Å²) >= 11 is 0. The van der Waals surface area contributed by atoms with Gasteiger partial charge in [0.2, 0.25) is 5.91 Å². The van der Waals surface area contributed by atoms with Crippen molar-refractivity contribution in [2.45, 2.75) is 25.7 Å². The summed E-state index contributed by atoms with van der Waals surface area (Å²) in [6.07, 6.45) is 2.94. The number of amides is 1. The van der Waals surface area contributed by atoms with Crippen LogP contribution in [-0.2, 0) is 4.79 Å². The third-order valence-corrected chi connectivity index (χ3v) is 3.67. The summed E-state index contributed by atoms with van der Waals surface area (Å²) in [6.45, 7) is 0.137. The van der Waals surface area contributed by atoms with Crippen LogP contribution in [0.2, 0.25) is 0 Å². The Morgan fingerprint density at radius 3 is 2.47 bits per heavy atom. The number of benzene rings is 1. The van der Waals surface area contributed by atoms with Crippen LogP contribution in [0.5, 0.6) is 0 Å². The number of carbonyl (C=O) groups is 1. The Labute approximate surface area is 109 Å². The summed E-state index contributed by atoms with van der Waals surface area (Å²) in [5, 5.41) is 2.25. The number of nitrogens with two attached hydrogens (primary N) is 1. The minimum Gasteiger partial charge on any atom is -0.329 e. The van der Waals surface area contributed by atoms with Crippen LogP contribution >= 0.6 is 0 Å². The highest BCUT2D eigenvalue weighted by molar-refractivity contribution is 5.95. The van der Waals surface area contributed by atoms with E-state index in [0.717, 1.165) is 18.9 Å². The average molecular weight is 272 g/mol. The van der Waals surface area contributed by atoms with Crippen molar-refractivity contribution in [3.8, 4) is 0 Å². The average Bonchev–Trinajstić information content (AvgIpc) is 2.85. The minimum absolute atomic E-state index is 0.137. The molecule has 6 heteroatoms. The van der Waals surface area contributed by atoms with Crippen molar-refractivity contribution < 1.29 is 18.0 Å². The monoisotopic (exact) mass is 272 g/mol. The Balaban J connectivity index is 2.24. The predicted molar refractivity (Wildman–Crippen MR) is 64.9 cm³/mol. The van der Waals surface area contributed by atoms with Crippen LogP contribution in [0, 0.1) is 22.9 Å². The van der Waals surface area contributed by atoms with Gasteiger partial charge < -0.3 is 11.1 Å². The van der Waals surface area contributed by atoms with Crippen molar-refractivity contribution in [1.82, 2.24) is 0 Å². The van der Waals surface area contributed by atoms with Gasteiger partial charge in [0.05, 0.1) is 11.1 Å². The van der Waals surface area contributed by atoms with Gasteiger partial charge in [0.1, 0.15) is 5.82 Å². The summed E-state index contributed by atoms with van der Waals surface area (Å²) in [5.74, 6) is -4.01. The molecular formula is C13H15F3N2O. The molecule has 0 saturated heterocycles. The van der Waals surface area contributed by atoms with Crippen LogP contribution in [0.25, 0.3) is 0 Å². The van der Waals surface area contributed by atoms with E-state index < -0.39 is 34.5 Å². The minimum atomic E-state index is -1.33. The molecule has 0 radical (unpaired) electrons. The Bertz CT molecular complexity index is 499. The van der Waals surface area contributed by atoms with Gasteiger partial charge >= 0.3 is 0 Å². The Morgan fingerprint density at radius 2 is 1.89 bits per heavy atom. The van der Waals surface area contributed by atoms with Crippen molar-refractivity contribution in [3.05, 3.63) is 29.6 Å². The van der Waals surface area contributed by atoms with Crippen molar-refractivity contribution >= 4 is 11.6 Å². The molecule has 0 bridgehead atoms. The fourth-order valence-electron chi connectivity index (χ4n) is 2.48. The van der Waals surface area contributed by atoms with E-state index in [1.165, 1.54) is 0 Å². The molecule has 104 valence electrons. The van der Waals surface area contributed by atoms with Gasteiger partial charge in [0, 0.05) is 18.7 Å². The SMILES string of the molecule is NCC1(C(=O)Nc2cc(F)cc(F)c2F)CCCC1. The van der Waals surface area contributed by atoms with E-state index >= 15 is 0 Å². The zero-order chi connectivity index (χ0) is 14.0. The molecule has 3 nitrogen and oxygen atoms in total. The van der Waals surface area contributed by atoms with Gasteiger partial charge in [-0.2, -0.15) is 0 Å². The highest BCUT2D eigenvalue weighted by Gasteiger charge is 2.40. The van der Waals surface area contributed by atoms with E-state index in [1.54, 1.807) is 0 Å². The number of rotatable bonds is 3. The summed E-state index contributed by atoms with van der Waals surface area (Å²) in [5.41, 5.74) is 4.38. The lowest BCUT2D eigenvalue weighted by Crippen LogP contribution is -2.40. The largest absolute Gasteiger partial charge is 0.329 e. The maximum absolute atomic E-state index is 13.5. The van der Waals surface area contributed by atoms with Crippen LogP contribution in [0.1, 0.15) is 25.7 Å². The van der Waals surface area contributed by atoms with Gasteiger partial charge in [0.15, 0.2) is 11.6 Å². The molecule has 1 aliphatic carbocycles. The maximum atomic E-state index is 13.5. The van der Waals surface area contributed by atoms with Crippen LogP contribution in [-0.4, -0.2) is 12.5 Å². The number of nitrogens with one attached hydrogen (secondary N) is 1. The second-order valence-electron chi connectivity index (χ2n) is 4.89. The molecule has 0 unspecified atom stereocenters. The van der Waals surface area contributed by atoms with Gasteiger partial charge in [-0.3, -0.25) is 4.79 Å². The third-order valence-electron chi connectivity index (χ3n) is 3.67. The van der Waals surface area contributed by atoms with E-state index in [-0.39, 0.29) is 6.54 Å². The van der Waals surface area contributed by atoms with Crippen molar-refractivity contribution in [3.63, 3.8) is 0 Å². The molecular weight excluding hydrogens is 257 g/mol. The molecule has 0 atom stereocenters. The number of hydrogen-bond acceptors (Lipinski definition) is 2. The molecule has 0 spiro atoms. The van der Waals surface area contributed by atoms with Crippen LogP contribution in [0.3, 0.4) is 0 Å². The zero-order valence-corrected chi connectivity index (χ0v) is 10.3. The normalized spacial score (nSPS) is 17.5. The molecule has 1 aromatic rings. The number of halogens is 3. The fourth-order valence-corrected chi connectivity index (χ4v) is 2.48. The summed E-state index contributed by atoms with van der Waals surface area (Å²) in [4.78, 5) is 12.1. The first kappa shape index (κ1) is 13.9. The highest BCUT2D eigenvalue weighted by Crippen LogP contribution is 2.38. The first-order chi connectivity index (χ1) is 8.98. The maximum Gasteiger partial charge on any atom is 0.231 e. The number of hydrogen-bond donors (Lipinski definition) is 2. The standard InChI is InChI=1S/C13H15F3N2O/c14-8-5-9(15)11(16)10(6-8)18-12(19)13(7-17)3-1-2-4-13/h5-6H,1-4,7,17H2,(H,18,19). The van der Waals surface area contributed by atoms with Crippen molar-refractivity contribution in [2.24, 2.45) is 11.1 Å². The van der Waals surface area contributed by atoms with E-state index in [1.807, 2.05) is 0 Å². The van der Waals surface area contributed by atoms with Gasteiger partial charge in [-0.05, 0) is 12.8 Å². The first-order valence-electron chi connectivity index (χ1n) is 6.14. The topological polar surface area (TPSA) is 55.1 Å². The summed E-state index contributed by atoms with van der Waals surface area (Å²) in [7, 11) is 0. The molecule has 1 amide bonds. The number of carbonyl (C=O) groups excluding carboxylic acids is 1. The van der Waals surface area contributed by atoms with Gasteiger partial charge in [-0.15, -0.1) is 0 Å². The molecule has 1 fully saturated rings.